The number of benzene rings is 1. The zero-order chi connectivity index (χ0) is 12.4. The lowest BCUT2D eigenvalue weighted by Gasteiger charge is -2.17. The lowest BCUT2D eigenvalue weighted by atomic mass is 10.1. The predicted molar refractivity (Wildman–Crippen MR) is 70.2 cm³/mol. The standard InChI is InChI=1S/C13H16BrNO2/c1-8-10(4-3-5-11(8)14)13(16)15-12-6-7-17-9(12)2/h3-5,9,12H,6-7H2,1-2H3,(H,15,16). The SMILES string of the molecule is Cc1c(Br)cccc1C(=O)NC1CCOC1C. The summed E-state index contributed by atoms with van der Waals surface area (Å²) in [6.45, 7) is 4.66. The van der Waals surface area contributed by atoms with Gasteiger partial charge in [0.25, 0.3) is 5.91 Å². The van der Waals surface area contributed by atoms with E-state index >= 15 is 0 Å². The number of ether oxygens (including phenoxy) is 1. The van der Waals surface area contributed by atoms with E-state index in [0.717, 1.165) is 28.6 Å². The summed E-state index contributed by atoms with van der Waals surface area (Å²) < 4.78 is 6.39. The zero-order valence-corrected chi connectivity index (χ0v) is 11.6. The van der Waals surface area contributed by atoms with Crippen LogP contribution in [0.2, 0.25) is 0 Å². The molecule has 92 valence electrons. The first kappa shape index (κ1) is 12.6. The average Bonchev–Trinajstić information content (AvgIpc) is 2.68. The second-order valence-corrected chi connectivity index (χ2v) is 5.21. The van der Waals surface area contributed by atoms with Crippen LogP contribution in [-0.2, 0) is 4.74 Å². The Morgan fingerprint density at radius 3 is 2.94 bits per heavy atom. The molecule has 1 saturated heterocycles. The van der Waals surface area contributed by atoms with Gasteiger partial charge in [-0.15, -0.1) is 0 Å². The molecule has 0 bridgehead atoms. The quantitative estimate of drug-likeness (QED) is 0.911. The Kier molecular flexibility index (Phi) is 3.84. The highest BCUT2D eigenvalue weighted by atomic mass is 79.9. The largest absolute Gasteiger partial charge is 0.376 e. The lowest BCUT2D eigenvalue weighted by Crippen LogP contribution is -2.39. The van der Waals surface area contributed by atoms with Crippen LogP contribution in [-0.4, -0.2) is 24.7 Å². The summed E-state index contributed by atoms with van der Waals surface area (Å²) in [5.74, 6) is -0.0221. The van der Waals surface area contributed by atoms with Gasteiger partial charge in [-0.1, -0.05) is 22.0 Å². The number of amides is 1. The summed E-state index contributed by atoms with van der Waals surface area (Å²) >= 11 is 3.43. The van der Waals surface area contributed by atoms with E-state index in [2.05, 4.69) is 21.2 Å². The van der Waals surface area contributed by atoms with Crippen molar-refractivity contribution in [2.45, 2.75) is 32.4 Å². The van der Waals surface area contributed by atoms with E-state index in [1.54, 1.807) is 0 Å². The normalized spacial score (nSPS) is 23.7. The molecule has 0 saturated carbocycles. The van der Waals surface area contributed by atoms with Gasteiger partial charge in [0, 0.05) is 16.6 Å². The average molecular weight is 298 g/mol. The van der Waals surface area contributed by atoms with E-state index < -0.39 is 0 Å². The Balaban J connectivity index is 2.12. The summed E-state index contributed by atoms with van der Waals surface area (Å²) in [6.07, 6.45) is 0.992. The molecule has 0 radical (unpaired) electrons. The van der Waals surface area contributed by atoms with Gasteiger partial charge in [0.05, 0.1) is 12.1 Å². The van der Waals surface area contributed by atoms with Crippen molar-refractivity contribution in [2.75, 3.05) is 6.61 Å². The molecule has 4 heteroatoms. The van der Waals surface area contributed by atoms with Gasteiger partial charge in [0.2, 0.25) is 0 Å². The number of nitrogens with one attached hydrogen (secondary N) is 1. The van der Waals surface area contributed by atoms with Crippen molar-refractivity contribution >= 4 is 21.8 Å². The van der Waals surface area contributed by atoms with Crippen LogP contribution in [0.4, 0.5) is 0 Å². The third kappa shape index (κ3) is 2.69. The van der Waals surface area contributed by atoms with Crippen molar-refractivity contribution in [1.29, 1.82) is 0 Å². The minimum atomic E-state index is -0.0221. The molecule has 1 fully saturated rings. The fourth-order valence-electron chi connectivity index (χ4n) is 2.02. The molecule has 0 spiro atoms. The fourth-order valence-corrected chi connectivity index (χ4v) is 2.39. The molecule has 1 heterocycles. The molecule has 1 aromatic rings. The Hall–Kier alpha value is -0.870. The molecule has 0 aliphatic carbocycles. The number of halogens is 1. The van der Waals surface area contributed by atoms with Gasteiger partial charge in [-0.2, -0.15) is 0 Å². The first-order valence-corrected chi connectivity index (χ1v) is 6.56. The summed E-state index contributed by atoms with van der Waals surface area (Å²) in [4.78, 5) is 12.1. The molecule has 1 amide bonds. The van der Waals surface area contributed by atoms with Crippen LogP contribution < -0.4 is 5.32 Å². The van der Waals surface area contributed by atoms with Crippen LogP contribution in [0.1, 0.15) is 29.3 Å². The molecule has 0 aromatic heterocycles. The second-order valence-electron chi connectivity index (χ2n) is 4.36. The minimum Gasteiger partial charge on any atom is -0.376 e. The van der Waals surface area contributed by atoms with Crippen LogP contribution in [0.15, 0.2) is 22.7 Å². The number of hydrogen-bond donors (Lipinski definition) is 1. The van der Waals surface area contributed by atoms with E-state index in [1.165, 1.54) is 0 Å². The van der Waals surface area contributed by atoms with Crippen molar-refractivity contribution in [2.24, 2.45) is 0 Å². The number of carbonyl (C=O) groups excluding carboxylic acids is 1. The van der Waals surface area contributed by atoms with Crippen LogP contribution in [0.5, 0.6) is 0 Å². The molecule has 1 aromatic carbocycles. The summed E-state index contributed by atoms with van der Waals surface area (Å²) in [7, 11) is 0. The highest BCUT2D eigenvalue weighted by Crippen LogP contribution is 2.20. The third-order valence-corrected chi connectivity index (χ3v) is 4.06. The maximum Gasteiger partial charge on any atom is 0.251 e. The Labute approximate surface area is 110 Å². The van der Waals surface area contributed by atoms with Crippen molar-refractivity contribution in [3.8, 4) is 0 Å². The van der Waals surface area contributed by atoms with Crippen molar-refractivity contribution in [1.82, 2.24) is 5.32 Å². The summed E-state index contributed by atoms with van der Waals surface area (Å²) in [5.41, 5.74) is 1.69. The number of carbonyl (C=O) groups is 1. The Morgan fingerprint density at radius 2 is 2.29 bits per heavy atom. The van der Waals surface area contributed by atoms with Crippen LogP contribution >= 0.6 is 15.9 Å². The maximum atomic E-state index is 12.1. The van der Waals surface area contributed by atoms with Gasteiger partial charge in [0.15, 0.2) is 0 Å². The molecule has 1 N–H and O–H groups in total. The van der Waals surface area contributed by atoms with Crippen molar-refractivity contribution in [3.05, 3.63) is 33.8 Å². The van der Waals surface area contributed by atoms with Gasteiger partial charge in [-0.3, -0.25) is 4.79 Å². The number of hydrogen-bond acceptors (Lipinski definition) is 2. The highest BCUT2D eigenvalue weighted by molar-refractivity contribution is 9.10. The molecule has 1 aliphatic rings. The van der Waals surface area contributed by atoms with Gasteiger partial charge >= 0.3 is 0 Å². The molecule has 17 heavy (non-hydrogen) atoms. The first-order chi connectivity index (χ1) is 8.09. The molecular weight excluding hydrogens is 282 g/mol. The van der Waals surface area contributed by atoms with Gasteiger partial charge < -0.3 is 10.1 Å². The molecule has 2 unspecified atom stereocenters. The van der Waals surface area contributed by atoms with E-state index in [4.69, 9.17) is 4.74 Å². The van der Waals surface area contributed by atoms with Crippen molar-refractivity contribution in [3.63, 3.8) is 0 Å². The second kappa shape index (κ2) is 5.19. The smallest absolute Gasteiger partial charge is 0.251 e. The van der Waals surface area contributed by atoms with E-state index in [0.29, 0.717) is 0 Å². The van der Waals surface area contributed by atoms with Gasteiger partial charge in [-0.05, 0) is 38.0 Å². The molecule has 2 atom stereocenters. The number of rotatable bonds is 2. The third-order valence-electron chi connectivity index (χ3n) is 3.21. The fraction of sp³-hybridized carbons (Fsp3) is 0.462. The molecule has 2 rings (SSSR count). The van der Waals surface area contributed by atoms with Gasteiger partial charge in [0.1, 0.15) is 0 Å². The minimum absolute atomic E-state index is 0.0221. The topological polar surface area (TPSA) is 38.3 Å². The first-order valence-electron chi connectivity index (χ1n) is 5.77. The molecule has 3 nitrogen and oxygen atoms in total. The van der Waals surface area contributed by atoms with Crippen LogP contribution in [0, 0.1) is 6.92 Å². The lowest BCUT2D eigenvalue weighted by molar-refractivity contribution is 0.0865. The summed E-state index contributed by atoms with van der Waals surface area (Å²) in [6, 6.07) is 5.78. The Morgan fingerprint density at radius 1 is 1.53 bits per heavy atom. The monoisotopic (exact) mass is 297 g/mol. The molecule has 1 aliphatic heterocycles. The van der Waals surface area contributed by atoms with Crippen molar-refractivity contribution < 1.29 is 9.53 Å². The van der Waals surface area contributed by atoms with E-state index in [1.807, 2.05) is 32.0 Å². The summed E-state index contributed by atoms with van der Waals surface area (Å²) in [5, 5.41) is 3.03. The zero-order valence-electron chi connectivity index (χ0n) is 10.00. The Bertz CT molecular complexity index is 433. The predicted octanol–water partition coefficient (Wildman–Crippen LogP) is 2.66. The molecular formula is C13H16BrNO2. The van der Waals surface area contributed by atoms with Crippen LogP contribution in [0.3, 0.4) is 0 Å². The van der Waals surface area contributed by atoms with E-state index in [-0.39, 0.29) is 18.1 Å². The van der Waals surface area contributed by atoms with E-state index in [9.17, 15) is 4.79 Å². The highest BCUT2D eigenvalue weighted by Gasteiger charge is 2.26. The van der Waals surface area contributed by atoms with Crippen LogP contribution in [0.25, 0.3) is 0 Å². The van der Waals surface area contributed by atoms with Gasteiger partial charge in [-0.25, -0.2) is 0 Å². The maximum absolute atomic E-state index is 12.1.